The van der Waals surface area contributed by atoms with Gasteiger partial charge in [-0.05, 0) is 43.3 Å². The van der Waals surface area contributed by atoms with Crippen molar-refractivity contribution in [3.05, 3.63) is 76.8 Å². The Hall–Kier alpha value is -3.69. The van der Waals surface area contributed by atoms with Gasteiger partial charge in [0, 0.05) is 24.0 Å². The lowest BCUT2D eigenvalue weighted by Crippen LogP contribution is -2.38. The van der Waals surface area contributed by atoms with Gasteiger partial charge in [0.2, 0.25) is 5.91 Å². The zero-order valence-corrected chi connectivity index (χ0v) is 16.5. The summed E-state index contributed by atoms with van der Waals surface area (Å²) in [7, 11) is 0. The van der Waals surface area contributed by atoms with E-state index in [1.807, 2.05) is 0 Å². The van der Waals surface area contributed by atoms with Crippen LogP contribution in [0.5, 0.6) is 5.75 Å². The highest BCUT2D eigenvalue weighted by molar-refractivity contribution is 5.79. The second-order valence-corrected chi connectivity index (χ2v) is 6.58. The number of carbonyl (C=O) groups excluding carboxylic acids is 1. The molecule has 0 saturated heterocycles. The topological polar surface area (TPSA) is 86.1 Å². The maximum atomic E-state index is 12.7. The van der Waals surface area contributed by atoms with Crippen molar-refractivity contribution in [2.45, 2.75) is 19.1 Å². The lowest BCUT2D eigenvalue weighted by molar-refractivity contribution is -0.137. The first kappa shape index (κ1) is 22.0. The number of aromatic nitrogens is 3. The minimum atomic E-state index is -4.46. The lowest BCUT2D eigenvalue weighted by atomic mass is 10.2. The molecule has 0 spiro atoms. The number of hydrogen-bond acceptors (Lipinski definition) is 5. The van der Waals surface area contributed by atoms with Crippen molar-refractivity contribution >= 4 is 5.91 Å². The van der Waals surface area contributed by atoms with Gasteiger partial charge in [-0.3, -0.25) is 14.6 Å². The van der Waals surface area contributed by atoms with Crippen LogP contribution in [0.1, 0.15) is 18.5 Å². The molecule has 0 aliphatic rings. The summed E-state index contributed by atoms with van der Waals surface area (Å²) in [5, 5.41) is 6.82. The van der Waals surface area contributed by atoms with E-state index in [2.05, 4.69) is 15.4 Å². The summed E-state index contributed by atoms with van der Waals surface area (Å²) in [5.41, 5.74) is -0.0873. The van der Waals surface area contributed by atoms with Crippen molar-refractivity contribution in [1.29, 1.82) is 0 Å². The monoisotopic (exact) mass is 432 g/mol. The minimum Gasteiger partial charge on any atom is -0.492 e. The fraction of sp³-hybridized carbons (Fsp3) is 0.238. The third-order valence-corrected chi connectivity index (χ3v) is 4.36. The van der Waals surface area contributed by atoms with Gasteiger partial charge in [0.15, 0.2) is 0 Å². The molecule has 1 amide bonds. The second-order valence-electron chi connectivity index (χ2n) is 6.58. The molecule has 3 rings (SSSR count). The van der Waals surface area contributed by atoms with E-state index in [1.54, 1.807) is 30.6 Å². The highest BCUT2D eigenvalue weighted by atomic mass is 19.4. The fourth-order valence-corrected chi connectivity index (χ4v) is 2.74. The smallest absolute Gasteiger partial charge is 0.416 e. The van der Waals surface area contributed by atoms with E-state index in [4.69, 9.17) is 4.74 Å². The molecule has 10 heteroatoms. The molecule has 1 N–H and O–H groups in total. The molecule has 0 aliphatic heterocycles. The van der Waals surface area contributed by atoms with Crippen molar-refractivity contribution in [3.8, 4) is 17.0 Å². The van der Waals surface area contributed by atoms with Crippen LogP contribution in [-0.4, -0.2) is 33.8 Å². The third kappa shape index (κ3) is 5.68. The molecule has 162 valence electrons. The number of pyridine rings is 1. The number of ether oxygens (including phenoxy) is 1. The van der Waals surface area contributed by atoms with Crippen LogP contribution in [0.3, 0.4) is 0 Å². The Bertz CT molecular complexity index is 1100. The number of halogens is 3. The molecule has 2 aromatic heterocycles. The van der Waals surface area contributed by atoms with Crippen LogP contribution in [0.2, 0.25) is 0 Å². The number of amides is 1. The molecule has 0 bridgehead atoms. The Kier molecular flexibility index (Phi) is 6.68. The molecular formula is C21H19F3N4O3. The Morgan fingerprint density at radius 1 is 1.19 bits per heavy atom. The number of nitrogens with one attached hydrogen (secondary N) is 1. The molecule has 1 atom stereocenters. The first-order valence-corrected chi connectivity index (χ1v) is 9.34. The van der Waals surface area contributed by atoms with E-state index in [-0.39, 0.29) is 18.9 Å². The number of benzene rings is 1. The summed E-state index contributed by atoms with van der Waals surface area (Å²) in [6.07, 6.45) is -1.27. The maximum Gasteiger partial charge on any atom is 0.416 e. The average molecular weight is 432 g/mol. The zero-order chi connectivity index (χ0) is 22.4. The predicted octanol–water partition coefficient (Wildman–Crippen LogP) is 3.08. The van der Waals surface area contributed by atoms with Crippen LogP contribution in [-0.2, 0) is 11.0 Å². The van der Waals surface area contributed by atoms with Gasteiger partial charge in [-0.15, -0.1) is 0 Å². The van der Waals surface area contributed by atoms with Gasteiger partial charge in [-0.1, -0.05) is 6.07 Å². The summed E-state index contributed by atoms with van der Waals surface area (Å²) in [6, 6.07) is 9.93. The van der Waals surface area contributed by atoms with Gasteiger partial charge < -0.3 is 10.1 Å². The van der Waals surface area contributed by atoms with Gasteiger partial charge in [0.25, 0.3) is 5.56 Å². The van der Waals surface area contributed by atoms with Crippen LogP contribution in [0.15, 0.2) is 65.7 Å². The lowest BCUT2D eigenvalue weighted by Gasteiger charge is -2.15. The van der Waals surface area contributed by atoms with Crippen LogP contribution < -0.4 is 15.6 Å². The molecule has 1 aromatic carbocycles. The molecule has 0 radical (unpaired) electrons. The number of rotatable bonds is 7. The van der Waals surface area contributed by atoms with E-state index < -0.39 is 29.2 Å². The van der Waals surface area contributed by atoms with Crippen LogP contribution >= 0.6 is 0 Å². The highest BCUT2D eigenvalue weighted by Gasteiger charge is 2.30. The minimum absolute atomic E-state index is 0.0382. The molecule has 0 saturated carbocycles. The first-order chi connectivity index (χ1) is 14.8. The number of carbonyl (C=O) groups is 1. The average Bonchev–Trinajstić information content (AvgIpc) is 2.76. The predicted molar refractivity (Wildman–Crippen MR) is 106 cm³/mol. The quantitative estimate of drug-likeness (QED) is 0.580. The third-order valence-electron chi connectivity index (χ3n) is 4.36. The van der Waals surface area contributed by atoms with Crippen molar-refractivity contribution in [2.24, 2.45) is 0 Å². The molecule has 0 fully saturated rings. The van der Waals surface area contributed by atoms with Crippen LogP contribution in [0.25, 0.3) is 11.3 Å². The molecule has 0 aliphatic carbocycles. The van der Waals surface area contributed by atoms with Gasteiger partial charge in [0.05, 0.1) is 17.8 Å². The Balaban J connectivity index is 1.58. The van der Waals surface area contributed by atoms with E-state index in [0.717, 1.165) is 16.8 Å². The number of hydrogen-bond donors (Lipinski definition) is 1. The Morgan fingerprint density at radius 2 is 2.00 bits per heavy atom. The molecule has 3 aromatic rings. The first-order valence-electron chi connectivity index (χ1n) is 9.34. The Morgan fingerprint density at radius 3 is 2.71 bits per heavy atom. The van der Waals surface area contributed by atoms with Crippen LogP contribution in [0.4, 0.5) is 13.2 Å². The van der Waals surface area contributed by atoms with Crippen molar-refractivity contribution < 1.29 is 22.7 Å². The fourth-order valence-electron chi connectivity index (χ4n) is 2.74. The summed E-state index contributed by atoms with van der Waals surface area (Å²) in [5.74, 6) is -0.440. The van der Waals surface area contributed by atoms with Crippen molar-refractivity contribution in [3.63, 3.8) is 0 Å². The Labute approximate surface area is 175 Å². The maximum absolute atomic E-state index is 12.7. The summed E-state index contributed by atoms with van der Waals surface area (Å²) in [4.78, 5) is 28.6. The number of nitrogens with zero attached hydrogens (tertiary/aromatic N) is 3. The van der Waals surface area contributed by atoms with Gasteiger partial charge in [0.1, 0.15) is 18.4 Å². The largest absolute Gasteiger partial charge is 0.492 e. The van der Waals surface area contributed by atoms with E-state index in [1.165, 1.54) is 25.1 Å². The number of alkyl halides is 3. The normalized spacial score (nSPS) is 12.3. The summed E-state index contributed by atoms with van der Waals surface area (Å²) < 4.78 is 44.5. The van der Waals surface area contributed by atoms with Crippen molar-refractivity contribution in [1.82, 2.24) is 20.1 Å². The molecule has 2 heterocycles. The van der Waals surface area contributed by atoms with E-state index in [0.29, 0.717) is 11.3 Å². The zero-order valence-electron chi connectivity index (χ0n) is 16.5. The van der Waals surface area contributed by atoms with Crippen molar-refractivity contribution in [2.75, 3.05) is 13.2 Å². The standard InChI is InChI=1S/C21H19F3N4O3/c1-14(28-19(29)8-7-18(27-28)15-4-3-9-25-13-15)20(30)26-10-11-31-17-6-2-5-16(12-17)21(22,23)24/h2-9,12-14H,10-11H2,1H3,(H,26,30). The summed E-state index contributed by atoms with van der Waals surface area (Å²) in [6.45, 7) is 1.51. The SMILES string of the molecule is CC(C(=O)NCCOc1cccc(C(F)(F)F)c1)n1nc(-c2cccnc2)ccc1=O. The summed E-state index contributed by atoms with van der Waals surface area (Å²) >= 11 is 0. The molecule has 7 nitrogen and oxygen atoms in total. The van der Waals surface area contributed by atoms with Gasteiger partial charge in [-0.2, -0.15) is 18.3 Å². The highest BCUT2D eigenvalue weighted by Crippen LogP contribution is 2.31. The van der Waals surface area contributed by atoms with Crippen LogP contribution in [0, 0.1) is 0 Å². The van der Waals surface area contributed by atoms with E-state index >= 15 is 0 Å². The molecule has 1 unspecified atom stereocenters. The van der Waals surface area contributed by atoms with Gasteiger partial charge in [-0.25, -0.2) is 4.68 Å². The molecule has 31 heavy (non-hydrogen) atoms. The molecular weight excluding hydrogens is 413 g/mol. The van der Waals surface area contributed by atoms with Gasteiger partial charge >= 0.3 is 6.18 Å². The van der Waals surface area contributed by atoms with E-state index in [9.17, 15) is 22.8 Å². The second kappa shape index (κ2) is 9.41.